The van der Waals surface area contributed by atoms with E-state index in [1.54, 1.807) is 0 Å². The van der Waals surface area contributed by atoms with Crippen LogP contribution >= 0.6 is 11.6 Å². The Labute approximate surface area is 113 Å². The van der Waals surface area contributed by atoms with E-state index in [4.69, 9.17) is 26.8 Å². The van der Waals surface area contributed by atoms with Crippen molar-refractivity contribution in [3.63, 3.8) is 0 Å². The number of nitro groups is 1. The topological polar surface area (TPSA) is 105 Å². The average molecular weight is 287 g/mol. The molecule has 1 aromatic carbocycles. The number of primary amides is 1. The van der Waals surface area contributed by atoms with E-state index in [0.29, 0.717) is 19.6 Å². The van der Waals surface area contributed by atoms with Gasteiger partial charge in [-0.1, -0.05) is 11.6 Å². The van der Waals surface area contributed by atoms with Crippen LogP contribution in [0.25, 0.3) is 0 Å². The molecule has 8 heteroatoms. The van der Waals surface area contributed by atoms with Crippen LogP contribution in [-0.2, 0) is 4.74 Å². The normalized spacial score (nSPS) is 18.3. The molecule has 0 aliphatic carbocycles. The molecule has 7 nitrogen and oxygen atoms in total. The van der Waals surface area contributed by atoms with Gasteiger partial charge in [-0.3, -0.25) is 14.9 Å². The Balaban J connectivity index is 2.39. The van der Waals surface area contributed by atoms with E-state index in [-0.39, 0.29) is 22.4 Å². The molecule has 1 aromatic rings. The number of halogens is 1. The van der Waals surface area contributed by atoms with Crippen LogP contribution < -0.4 is 10.5 Å². The maximum atomic E-state index is 11.2. The SMILES string of the molecule is NC(=O)c1cc(O[C@H]2CCOC2)c(Cl)c([N+](=O)[O-])c1. The Kier molecular flexibility index (Phi) is 3.87. The van der Waals surface area contributed by atoms with Gasteiger partial charge in [0.1, 0.15) is 11.9 Å². The van der Waals surface area contributed by atoms with Gasteiger partial charge >= 0.3 is 0 Å². The average Bonchev–Trinajstić information content (AvgIpc) is 2.83. The van der Waals surface area contributed by atoms with Crippen molar-refractivity contribution in [3.8, 4) is 5.75 Å². The monoisotopic (exact) mass is 286 g/mol. The summed E-state index contributed by atoms with van der Waals surface area (Å²) in [4.78, 5) is 21.3. The van der Waals surface area contributed by atoms with Crippen LogP contribution in [0.3, 0.4) is 0 Å². The van der Waals surface area contributed by atoms with E-state index in [2.05, 4.69) is 0 Å². The van der Waals surface area contributed by atoms with Crippen LogP contribution in [0.1, 0.15) is 16.8 Å². The molecule has 0 saturated carbocycles. The van der Waals surface area contributed by atoms with Gasteiger partial charge in [-0.25, -0.2) is 0 Å². The molecule has 1 heterocycles. The second-order valence-electron chi connectivity index (χ2n) is 4.03. The highest BCUT2D eigenvalue weighted by Gasteiger charge is 2.24. The summed E-state index contributed by atoms with van der Waals surface area (Å²) in [6, 6.07) is 2.33. The highest BCUT2D eigenvalue weighted by Crippen LogP contribution is 2.36. The van der Waals surface area contributed by atoms with Gasteiger partial charge in [-0.2, -0.15) is 0 Å². The molecule has 1 fully saturated rings. The van der Waals surface area contributed by atoms with Gasteiger partial charge in [0.15, 0.2) is 5.02 Å². The van der Waals surface area contributed by atoms with Crippen molar-refractivity contribution in [1.29, 1.82) is 0 Å². The number of hydrogen-bond donors (Lipinski definition) is 1. The second-order valence-corrected chi connectivity index (χ2v) is 4.41. The molecular weight excluding hydrogens is 276 g/mol. The molecule has 1 saturated heterocycles. The molecule has 1 atom stereocenters. The van der Waals surface area contributed by atoms with Gasteiger partial charge in [0.2, 0.25) is 5.91 Å². The number of rotatable bonds is 4. The van der Waals surface area contributed by atoms with E-state index in [9.17, 15) is 14.9 Å². The second kappa shape index (κ2) is 5.41. The summed E-state index contributed by atoms with van der Waals surface area (Å²) in [7, 11) is 0. The number of nitro benzene ring substituents is 1. The van der Waals surface area contributed by atoms with Crippen molar-refractivity contribution in [2.45, 2.75) is 12.5 Å². The lowest BCUT2D eigenvalue weighted by atomic mass is 10.1. The van der Waals surface area contributed by atoms with E-state index in [1.807, 2.05) is 0 Å². The largest absolute Gasteiger partial charge is 0.486 e. The number of nitrogens with zero attached hydrogens (tertiary/aromatic N) is 1. The minimum Gasteiger partial charge on any atom is -0.486 e. The number of carbonyl (C=O) groups is 1. The number of benzene rings is 1. The summed E-state index contributed by atoms with van der Waals surface area (Å²) >= 11 is 5.90. The van der Waals surface area contributed by atoms with E-state index in [0.717, 1.165) is 6.07 Å². The quantitative estimate of drug-likeness (QED) is 0.667. The molecule has 1 aliphatic rings. The van der Waals surface area contributed by atoms with Gasteiger partial charge in [0.05, 0.1) is 18.1 Å². The third-order valence-corrected chi connectivity index (χ3v) is 3.06. The zero-order valence-corrected chi connectivity index (χ0v) is 10.6. The zero-order chi connectivity index (χ0) is 14.0. The molecule has 0 bridgehead atoms. The fraction of sp³-hybridized carbons (Fsp3) is 0.364. The molecule has 0 spiro atoms. The molecule has 2 rings (SSSR count). The van der Waals surface area contributed by atoms with Gasteiger partial charge < -0.3 is 15.2 Å². The fourth-order valence-corrected chi connectivity index (χ4v) is 1.95. The van der Waals surface area contributed by atoms with Crippen molar-refractivity contribution in [2.24, 2.45) is 5.73 Å². The summed E-state index contributed by atoms with van der Waals surface area (Å²) in [5.74, 6) is -0.715. The number of hydrogen-bond acceptors (Lipinski definition) is 5. The van der Waals surface area contributed by atoms with Crippen LogP contribution in [-0.4, -0.2) is 30.1 Å². The summed E-state index contributed by atoms with van der Waals surface area (Å²) < 4.78 is 10.6. The van der Waals surface area contributed by atoms with Crippen LogP contribution in [0.5, 0.6) is 5.75 Å². The number of ether oxygens (including phenoxy) is 2. The van der Waals surface area contributed by atoms with Crippen LogP contribution in [0, 0.1) is 10.1 Å². The predicted octanol–water partition coefficient (Wildman–Crippen LogP) is 1.51. The lowest BCUT2D eigenvalue weighted by Gasteiger charge is -2.13. The first-order valence-corrected chi connectivity index (χ1v) is 5.89. The molecule has 1 amide bonds. The first-order valence-electron chi connectivity index (χ1n) is 5.51. The summed E-state index contributed by atoms with van der Waals surface area (Å²) in [6.07, 6.45) is 0.422. The summed E-state index contributed by atoms with van der Waals surface area (Å²) in [6.45, 7) is 0.935. The van der Waals surface area contributed by atoms with E-state index >= 15 is 0 Å². The van der Waals surface area contributed by atoms with Crippen LogP contribution in [0.15, 0.2) is 12.1 Å². The van der Waals surface area contributed by atoms with Crippen LogP contribution in [0.4, 0.5) is 5.69 Å². The van der Waals surface area contributed by atoms with Gasteiger partial charge in [-0.05, 0) is 6.07 Å². The minimum atomic E-state index is -0.785. The Morgan fingerprint density at radius 1 is 1.58 bits per heavy atom. The molecule has 1 aliphatic heterocycles. The first kappa shape index (κ1) is 13.6. The lowest BCUT2D eigenvalue weighted by molar-refractivity contribution is -0.384. The standard InChI is InChI=1S/C11H11ClN2O5/c12-10-8(14(16)17)3-6(11(13)15)4-9(10)19-7-1-2-18-5-7/h3-4,7H,1-2,5H2,(H2,13,15)/t7-/m0/s1. The van der Waals surface area contributed by atoms with Crippen LogP contribution in [0.2, 0.25) is 5.02 Å². The minimum absolute atomic E-state index is 0.0231. The van der Waals surface area contributed by atoms with Gasteiger partial charge in [0, 0.05) is 18.1 Å². The molecule has 0 radical (unpaired) electrons. The lowest BCUT2D eigenvalue weighted by Crippen LogP contribution is -2.17. The molecule has 19 heavy (non-hydrogen) atoms. The smallest absolute Gasteiger partial charge is 0.292 e. The first-order chi connectivity index (χ1) is 8.99. The number of nitrogens with two attached hydrogens (primary N) is 1. The third kappa shape index (κ3) is 2.94. The maximum Gasteiger partial charge on any atom is 0.292 e. The highest BCUT2D eigenvalue weighted by atomic mass is 35.5. The van der Waals surface area contributed by atoms with E-state index in [1.165, 1.54) is 6.07 Å². The Morgan fingerprint density at radius 3 is 2.84 bits per heavy atom. The third-order valence-electron chi connectivity index (χ3n) is 2.68. The van der Waals surface area contributed by atoms with Gasteiger partial charge in [0.25, 0.3) is 5.69 Å². The molecule has 2 N–H and O–H groups in total. The van der Waals surface area contributed by atoms with Crippen molar-refractivity contribution in [1.82, 2.24) is 0 Å². The van der Waals surface area contributed by atoms with Crippen molar-refractivity contribution >= 4 is 23.2 Å². The number of amides is 1. The van der Waals surface area contributed by atoms with E-state index < -0.39 is 16.5 Å². The van der Waals surface area contributed by atoms with Crippen molar-refractivity contribution < 1.29 is 19.2 Å². The Bertz CT molecular complexity index is 528. The highest BCUT2D eigenvalue weighted by molar-refractivity contribution is 6.34. The molecule has 0 aromatic heterocycles. The number of carbonyl (C=O) groups excluding carboxylic acids is 1. The van der Waals surface area contributed by atoms with Crippen molar-refractivity contribution in [2.75, 3.05) is 13.2 Å². The zero-order valence-electron chi connectivity index (χ0n) is 9.80. The Hall–Kier alpha value is -1.86. The Morgan fingerprint density at radius 2 is 2.32 bits per heavy atom. The fourth-order valence-electron chi connectivity index (χ4n) is 1.73. The summed E-state index contributed by atoms with van der Waals surface area (Å²) in [5, 5.41) is 10.7. The summed E-state index contributed by atoms with van der Waals surface area (Å²) in [5.41, 5.74) is 4.69. The maximum absolute atomic E-state index is 11.2. The molecule has 0 unspecified atom stereocenters. The molecular formula is C11H11ClN2O5. The predicted molar refractivity (Wildman–Crippen MR) is 66.5 cm³/mol. The van der Waals surface area contributed by atoms with Gasteiger partial charge in [-0.15, -0.1) is 0 Å². The van der Waals surface area contributed by atoms with Crippen molar-refractivity contribution in [3.05, 3.63) is 32.8 Å². The molecule has 102 valence electrons.